The average Bonchev–Trinajstić information content (AvgIpc) is 2.65. The van der Waals surface area contributed by atoms with Crippen LogP contribution in [-0.2, 0) is 12.7 Å². The molecule has 1 aliphatic heterocycles. The van der Waals surface area contributed by atoms with Crippen molar-refractivity contribution in [2.24, 2.45) is 5.73 Å². The van der Waals surface area contributed by atoms with E-state index < -0.39 is 11.7 Å². The number of anilines is 1. The van der Waals surface area contributed by atoms with Gasteiger partial charge in [0.2, 0.25) is 0 Å². The van der Waals surface area contributed by atoms with Gasteiger partial charge < -0.3 is 10.6 Å². The Morgan fingerprint density at radius 3 is 2.68 bits per heavy atom. The average molecular weight is 290 g/mol. The highest BCUT2D eigenvalue weighted by atomic mass is 32.2. The SMILES string of the molecule is NCc1cc(C(F)(F)F)ccc1N1CCCSCC1. The highest BCUT2D eigenvalue weighted by molar-refractivity contribution is 7.99. The zero-order valence-corrected chi connectivity index (χ0v) is 11.4. The first kappa shape index (κ1) is 14.5. The first-order valence-corrected chi connectivity index (χ1v) is 7.40. The summed E-state index contributed by atoms with van der Waals surface area (Å²) < 4.78 is 38.1. The van der Waals surface area contributed by atoms with E-state index in [-0.39, 0.29) is 6.54 Å². The van der Waals surface area contributed by atoms with Crippen LogP contribution in [0.3, 0.4) is 0 Å². The summed E-state index contributed by atoms with van der Waals surface area (Å²) in [5, 5.41) is 0. The summed E-state index contributed by atoms with van der Waals surface area (Å²) in [6.45, 7) is 1.87. The van der Waals surface area contributed by atoms with E-state index >= 15 is 0 Å². The molecule has 0 bridgehead atoms. The van der Waals surface area contributed by atoms with Crippen molar-refractivity contribution >= 4 is 17.4 Å². The van der Waals surface area contributed by atoms with E-state index in [1.807, 2.05) is 11.8 Å². The van der Waals surface area contributed by atoms with E-state index in [1.165, 1.54) is 6.07 Å². The number of benzene rings is 1. The third-order valence-electron chi connectivity index (χ3n) is 3.19. The summed E-state index contributed by atoms with van der Waals surface area (Å²) in [5.41, 5.74) is 6.40. The molecule has 6 heteroatoms. The largest absolute Gasteiger partial charge is 0.416 e. The van der Waals surface area contributed by atoms with Crippen molar-refractivity contribution in [2.45, 2.75) is 19.1 Å². The molecule has 0 unspecified atom stereocenters. The second kappa shape index (κ2) is 6.05. The number of hydrogen-bond acceptors (Lipinski definition) is 3. The summed E-state index contributed by atoms with van der Waals surface area (Å²) in [6.07, 6.45) is -3.26. The molecule has 0 aromatic heterocycles. The number of rotatable bonds is 2. The quantitative estimate of drug-likeness (QED) is 0.907. The second-order valence-electron chi connectivity index (χ2n) is 4.50. The van der Waals surface area contributed by atoms with Crippen LogP contribution in [0, 0.1) is 0 Å². The maximum Gasteiger partial charge on any atom is 0.416 e. The summed E-state index contributed by atoms with van der Waals surface area (Å²) in [5.74, 6) is 2.11. The minimum atomic E-state index is -4.31. The molecule has 1 aromatic carbocycles. The van der Waals surface area contributed by atoms with Gasteiger partial charge in [-0.15, -0.1) is 0 Å². The van der Waals surface area contributed by atoms with Crippen LogP contribution in [0.1, 0.15) is 17.5 Å². The maximum absolute atomic E-state index is 12.7. The van der Waals surface area contributed by atoms with E-state index in [1.54, 1.807) is 6.07 Å². The fourth-order valence-corrected chi connectivity index (χ4v) is 3.11. The summed E-state index contributed by atoms with van der Waals surface area (Å²) >= 11 is 1.88. The van der Waals surface area contributed by atoms with Crippen LogP contribution in [0.25, 0.3) is 0 Å². The Morgan fingerprint density at radius 1 is 1.21 bits per heavy atom. The number of alkyl halides is 3. The Labute approximate surface area is 115 Å². The van der Waals surface area contributed by atoms with Gasteiger partial charge in [0.1, 0.15) is 0 Å². The molecule has 2 N–H and O–H groups in total. The highest BCUT2D eigenvalue weighted by Crippen LogP contribution is 2.33. The smallest absolute Gasteiger partial charge is 0.370 e. The van der Waals surface area contributed by atoms with Crippen molar-refractivity contribution in [2.75, 3.05) is 29.5 Å². The fourth-order valence-electron chi connectivity index (χ4n) is 2.22. The van der Waals surface area contributed by atoms with Gasteiger partial charge in [0.25, 0.3) is 0 Å². The Hall–Kier alpha value is -0.880. The topological polar surface area (TPSA) is 29.3 Å². The third kappa shape index (κ3) is 3.57. The van der Waals surface area contributed by atoms with Crippen LogP contribution >= 0.6 is 11.8 Å². The molecule has 0 radical (unpaired) electrons. The minimum absolute atomic E-state index is 0.128. The van der Waals surface area contributed by atoms with Gasteiger partial charge in [-0.25, -0.2) is 0 Å². The number of nitrogens with two attached hydrogens (primary N) is 1. The summed E-state index contributed by atoms with van der Waals surface area (Å²) in [7, 11) is 0. The van der Waals surface area contributed by atoms with Crippen LogP contribution in [0.15, 0.2) is 18.2 Å². The van der Waals surface area contributed by atoms with Gasteiger partial charge in [-0.2, -0.15) is 24.9 Å². The molecular formula is C13H17F3N2S. The second-order valence-corrected chi connectivity index (χ2v) is 5.72. The van der Waals surface area contributed by atoms with E-state index in [0.717, 1.165) is 42.8 Å². The molecule has 1 aliphatic rings. The van der Waals surface area contributed by atoms with E-state index in [4.69, 9.17) is 5.73 Å². The Balaban J connectivity index is 2.29. The van der Waals surface area contributed by atoms with Crippen LogP contribution in [0.4, 0.5) is 18.9 Å². The molecule has 0 aliphatic carbocycles. The molecule has 2 nitrogen and oxygen atoms in total. The van der Waals surface area contributed by atoms with Crippen LogP contribution < -0.4 is 10.6 Å². The van der Waals surface area contributed by atoms with Gasteiger partial charge in [0, 0.05) is 31.1 Å². The Kier molecular flexibility index (Phi) is 4.62. The number of halogens is 3. The first-order chi connectivity index (χ1) is 9.02. The molecule has 2 rings (SSSR count). The Morgan fingerprint density at radius 2 is 2.00 bits per heavy atom. The van der Waals surface area contributed by atoms with Crippen molar-refractivity contribution in [3.05, 3.63) is 29.3 Å². The minimum Gasteiger partial charge on any atom is -0.370 e. The zero-order chi connectivity index (χ0) is 13.9. The molecule has 1 saturated heterocycles. The van der Waals surface area contributed by atoms with Crippen molar-refractivity contribution in [1.82, 2.24) is 0 Å². The van der Waals surface area contributed by atoms with Crippen molar-refractivity contribution < 1.29 is 13.2 Å². The molecule has 0 saturated carbocycles. The molecule has 0 amide bonds. The molecular weight excluding hydrogens is 273 g/mol. The highest BCUT2D eigenvalue weighted by Gasteiger charge is 2.31. The molecule has 0 spiro atoms. The van der Waals surface area contributed by atoms with Crippen molar-refractivity contribution in [3.8, 4) is 0 Å². The van der Waals surface area contributed by atoms with Crippen molar-refractivity contribution in [3.63, 3.8) is 0 Å². The molecule has 1 aromatic rings. The van der Waals surface area contributed by atoms with Gasteiger partial charge in [0.15, 0.2) is 0 Å². The van der Waals surface area contributed by atoms with Crippen LogP contribution in [-0.4, -0.2) is 24.6 Å². The molecule has 106 valence electrons. The zero-order valence-electron chi connectivity index (χ0n) is 10.5. The molecule has 0 atom stereocenters. The lowest BCUT2D eigenvalue weighted by atomic mass is 10.1. The summed E-state index contributed by atoms with van der Waals surface area (Å²) in [4.78, 5) is 2.14. The van der Waals surface area contributed by atoms with Gasteiger partial charge in [-0.05, 0) is 35.9 Å². The third-order valence-corrected chi connectivity index (χ3v) is 4.24. The molecule has 19 heavy (non-hydrogen) atoms. The van der Waals surface area contributed by atoms with Gasteiger partial charge in [-0.3, -0.25) is 0 Å². The van der Waals surface area contributed by atoms with Crippen LogP contribution in [0.2, 0.25) is 0 Å². The lowest BCUT2D eigenvalue weighted by molar-refractivity contribution is -0.137. The predicted molar refractivity (Wildman–Crippen MR) is 73.5 cm³/mol. The number of nitrogens with zero attached hydrogens (tertiary/aromatic N) is 1. The van der Waals surface area contributed by atoms with Crippen molar-refractivity contribution in [1.29, 1.82) is 0 Å². The lowest BCUT2D eigenvalue weighted by Crippen LogP contribution is -2.27. The van der Waals surface area contributed by atoms with Crippen LogP contribution in [0.5, 0.6) is 0 Å². The van der Waals surface area contributed by atoms with E-state index in [9.17, 15) is 13.2 Å². The number of hydrogen-bond donors (Lipinski definition) is 1. The molecule has 1 heterocycles. The van der Waals surface area contributed by atoms with E-state index in [0.29, 0.717) is 5.56 Å². The lowest BCUT2D eigenvalue weighted by Gasteiger charge is -2.25. The normalized spacial score (nSPS) is 17.4. The Bertz CT molecular complexity index is 426. The monoisotopic (exact) mass is 290 g/mol. The maximum atomic E-state index is 12.7. The van der Waals surface area contributed by atoms with Gasteiger partial charge in [0.05, 0.1) is 5.56 Å². The standard InChI is InChI=1S/C13H17F3N2S/c14-13(15,16)11-2-3-12(10(8-11)9-17)18-4-1-6-19-7-5-18/h2-3,8H,1,4-7,9,17H2. The molecule has 1 fully saturated rings. The fraction of sp³-hybridized carbons (Fsp3) is 0.538. The van der Waals surface area contributed by atoms with E-state index in [2.05, 4.69) is 4.90 Å². The summed E-state index contributed by atoms with van der Waals surface area (Å²) in [6, 6.07) is 3.88. The first-order valence-electron chi connectivity index (χ1n) is 6.25. The number of thioether (sulfide) groups is 1. The van der Waals surface area contributed by atoms with Gasteiger partial charge in [-0.1, -0.05) is 0 Å². The van der Waals surface area contributed by atoms with Gasteiger partial charge >= 0.3 is 6.18 Å². The predicted octanol–water partition coefficient (Wildman–Crippen LogP) is 3.11.